The van der Waals surface area contributed by atoms with Crippen molar-refractivity contribution in [3.05, 3.63) is 28.4 Å². The van der Waals surface area contributed by atoms with Crippen LogP contribution in [0.15, 0.2) is 18.3 Å². The van der Waals surface area contributed by atoms with Crippen LogP contribution in [0.1, 0.15) is 19.3 Å². The molecule has 84 valence electrons. The van der Waals surface area contributed by atoms with Crippen LogP contribution in [0.2, 0.25) is 0 Å². The third-order valence-corrected chi connectivity index (χ3v) is 3.66. The molecule has 5 heteroatoms. The SMILES string of the molecule is O=[N+]([O-])c1ccc(N2CCC3(CC3)C2)nc1. The monoisotopic (exact) mass is 219 g/mol. The molecular weight excluding hydrogens is 206 g/mol. The van der Waals surface area contributed by atoms with Crippen molar-refractivity contribution in [3.8, 4) is 0 Å². The second-order valence-corrected chi connectivity index (χ2v) is 4.80. The average molecular weight is 219 g/mol. The van der Waals surface area contributed by atoms with E-state index in [1.54, 1.807) is 6.07 Å². The molecule has 1 aliphatic carbocycles. The summed E-state index contributed by atoms with van der Waals surface area (Å²) in [6.45, 7) is 2.10. The van der Waals surface area contributed by atoms with Gasteiger partial charge in [0.15, 0.2) is 0 Å². The van der Waals surface area contributed by atoms with Gasteiger partial charge in [-0.05, 0) is 30.7 Å². The maximum Gasteiger partial charge on any atom is 0.287 e. The van der Waals surface area contributed by atoms with Gasteiger partial charge in [-0.1, -0.05) is 0 Å². The summed E-state index contributed by atoms with van der Waals surface area (Å²) in [5.41, 5.74) is 0.618. The van der Waals surface area contributed by atoms with Gasteiger partial charge in [-0.2, -0.15) is 0 Å². The van der Waals surface area contributed by atoms with Crippen LogP contribution < -0.4 is 4.90 Å². The molecule has 5 nitrogen and oxygen atoms in total. The molecule has 16 heavy (non-hydrogen) atoms. The Labute approximate surface area is 93.2 Å². The first kappa shape index (κ1) is 9.57. The smallest absolute Gasteiger partial charge is 0.287 e. The van der Waals surface area contributed by atoms with Crippen LogP contribution in [0.25, 0.3) is 0 Å². The van der Waals surface area contributed by atoms with Crippen molar-refractivity contribution in [2.75, 3.05) is 18.0 Å². The third-order valence-electron chi connectivity index (χ3n) is 3.66. The van der Waals surface area contributed by atoms with E-state index in [9.17, 15) is 10.1 Å². The van der Waals surface area contributed by atoms with Crippen LogP contribution in [0.4, 0.5) is 11.5 Å². The summed E-state index contributed by atoms with van der Waals surface area (Å²) in [5, 5.41) is 10.5. The summed E-state index contributed by atoms with van der Waals surface area (Å²) in [6, 6.07) is 3.28. The first-order chi connectivity index (χ1) is 7.69. The largest absolute Gasteiger partial charge is 0.356 e. The Balaban J connectivity index is 1.77. The Morgan fingerprint density at radius 2 is 2.19 bits per heavy atom. The van der Waals surface area contributed by atoms with Crippen LogP contribution in [0, 0.1) is 15.5 Å². The Morgan fingerprint density at radius 3 is 2.69 bits per heavy atom. The van der Waals surface area contributed by atoms with Gasteiger partial charge in [0.2, 0.25) is 0 Å². The lowest BCUT2D eigenvalue weighted by atomic mass is 10.1. The molecule has 2 fully saturated rings. The molecule has 0 bridgehead atoms. The fourth-order valence-corrected chi connectivity index (χ4v) is 2.39. The molecule has 1 spiro atoms. The fraction of sp³-hybridized carbons (Fsp3) is 0.545. The summed E-state index contributed by atoms with van der Waals surface area (Å²) in [4.78, 5) is 16.5. The van der Waals surface area contributed by atoms with Gasteiger partial charge in [0.25, 0.3) is 5.69 Å². The van der Waals surface area contributed by atoms with Crippen molar-refractivity contribution < 1.29 is 4.92 Å². The molecule has 0 unspecified atom stereocenters. The topological polar surface area (TPSA) is 59.3 Å². The number of nitro groups is 1. The van der Waals surface area contributed by atoms with Crippen molar-refractivity contribution in [2.45, 2.75) is 19.3 Å². The maximum absolute atomic E-state index is 10.5. The lowest BCUT2D eigenvalue weighted by Crippen LogP contribution is -2.20. The van der Waals surface area contributed by atoms with Crippen LogP contribution in [-0.4, -0.2) is 23.0 Å². The molecule has 0 amide bonds. The van der Waals surface area contributed by atoms with Crippen molar-refractivity contribution >= 4 is 11.5 Å². The van der Waals surface area contributed by atoms with E-state index in [-0.39, 0.29) is 5.69 Å². The van der Waals surface area contributed by atoms with Crippen molar-refractivity contribution in [1.82, 2.24) is 4.98 Å². The summed E-state index contributed by atoms with van der Waals surface area (Å²) in [5.74, 6) is 0.870. The van der Waals surface area contributed by atoms with Gasteiger partial charge in [-0.15, -0.1) is 0 Å². The Morgan fingerprint density at radius 1 is 1.38 bits per heavy atom. The molecule has 0 aromatic carbocycles. The van der Waals surface area contributed by atoms with Gasteiger partial charge in [0.05, 0.1) is 4.92 Å². The van der Waals surface area contributed by atoms with E-state index >= 15 is 0 Å². The van der Waals surface area contributed by atoms with Crippen LogP contribution in [0.3, 0.4) is 0 Å². The molecule has 1 aliphatic heterocycles. The lowest BCUT2D eigenvalue weighted by Gasteiger charge is -2.16. The number of nitrogens with zero attached hydrogens (tertiary/aromatic N) is 3. The number of anilines is 1. The molecule has 1 saturated carbocycles. The highest BCUT2D eigenvalue weighted by molar-refractivity contribution is 5.44. The van der Waals surface area contributed by atoms with E-state index in [0.29, 0.717) is 5.41 Å². The highest BCUT2D eigenvalue weighted by atomic mass is 16.6. The molecule has 0 radical (unpaired) electrons. The van der Waals surface area contributed by atoms with Gasteiger partial charge in [-0.3, -0.25) is 10.1 Å². The minimum atomic E-state index is -0.414. The van der Waals surface area contributed by atoms with E-state index in [1.807, 2.05) is 0 Å². The Bertz CT molecular complexity index is 425. The number of pyridine rings is 1. The summed E-state index contributed by atoms with van der Waals surface area (Å²) < 4.78 is 0. The number of hydrogen-bond acceptors (Lipinski definition) is 4. The van der Waals surface area contributed by atoms with Crippen LogP contribution >= 0.6 is 0 Å². The van der Waals surface area contributed by atoms with Gasteiger partial charge in [-0.25, -0.2) is 4.98 Å². The van der Waals surface area contributed by atoms with Crippen molar-refractivity contribution in [3.63, 3.8) is 0 Å². The lowest BCUT2D eigenvalue weighted by molar-refractivity contribution is -0.385. The van der Waals surface area contributed by atoms with Crippen molar-refractivity contribution in [1.29, 1.82) is 0 Å². The minimum Gasteiger partial charge on any atom is -0.356 e. The highest BCUT2D eigenvalue weighted by Crippen LogP contribution is 2.53. The minimum absolute atomic E-state index is 0.0593. The summed E-state index contributed by atoms with van der Waals surface area (Å²) in [7, 11) is 0. The molecule has 1 aromatic heterocycles. The van der Waals surface area contributed by atoms with Gasteiger partial charge < -0.3 is 4.90 Å². The number of aromatic nitrogens is 1. The van der Waals surface area contributed by atoms with Gasteiger partial charge in [0, 0.05) is 19.2 Å². The quantitative estimate of drug-likeness (QED) is 0.563. The summed E-state index contributed by atoms with van der Waals surface area (Å²) in [6.07, 6.45) is 5.24. The molecular formula is C11H13N3O2. The van der Waals surface area contributed by atoms with Crippen LogP contribution in [0.5, 0.6) is 0 Å². The van der Waals surface area contributed by atoms with E-state index in [2.05, 4.69) is 9.88 Å². The molecule has 1 aromatic rings. The molecule has 2 heterocycles. The van der Waals surface area contributed by atoms with Crippen molar-refractivity contribution in [2.24, 2.45) is 5.41 Å². The second-order valence-electron chi connectivity index (χ2n) is 4.80. The predicted octanol–water partition coefficient (Wildman–Crippen LogP) is 1.98. The predicted molar refractivity (Wildman–Crippen MR) is 59.4 cm³/mol. The molecule has 0 N–H and O–H groups in total. The van der Waals surface area contributed by atoms with E-state index in [1.165, 1.54) is 31.5 Å². The highest BCUT2D eigenvalue weighted by Gasteiger charge is 2.47. The molecule has 2 aliphatic rings. The van der Waals surface area contributed by atoms with E-state index in [4.69, 9.17) is 0 Å². The molecule has 3 rings (SSSR count). The number of hydrogen-bond donors (Lipinski definition) is 0. The maximum atomic E-state index is 10.5. The Hall–Kier alpha value is -1.65. The van der Waals surface area contributed by atoms with Crippen LogP contribution in [-0.2, 0) is 0 Å². The van der Waals surface area contributed by atoms with E-state index < -0.39 is 4.92 Å². The van der Waals surface area contributed by atoms with Gasteiger partial charge >= 0.3 is 0 Å². The average Bonchev–Trinajstić information content (AvgIpc) is 2.89. The second kappa shape index (κ2) is 3.17. The zero-order valence-corrected chi connectivity index (χ0v) is 8.93. The standard InChI is InChI=1S/C11H13N3O2/c15-14(16)9-1-2-10(12-7-9)13-6-5-11(8-13)3-4-11/h1-2,7H,3-6,8H2. The normalized spacial score (nSPS) is 21.4. The first-order valence-electron chi connectivity index (χ1n) is 5.54. The zero-order valence-electron chi connectivity index (χ0n) is 8.93. The van der Waals surface area contributed by atoms with E-state index in [0.717, 1.165) is 18.9 Å². The third kappa shape index (κ3) is 1.52. The zero-order chi connectivity index (χ0) is 11.2. The molecule has 1 saturated heterocycles. The first-order valence-corrected chi connectivity index (χ1v) is 5.54. The number of rotatable bonds is 2. The van der Waals surface area contributed by atoms with Gasteiger partial charge in [0.1, 0.15) is 12.0 Å². The summed E-state index contributed by atoms with van der Waals surface area (Å²) >= 11 is 0. The Kier molecular flexibility index (Phi) is 1.89. The molecule has 0 atom stereocenters. The fourth-order valence-electron chi connectivity index (χ4n) is 2.39.